The molecule has 0 bridgehead atoms. The van der Waals surface area contributed by atoms with E-state index in [9.17, 15) is 0 Å². The molecule has 5 heteroatoms. The number of rotatable bonds is 2. The van der Waals surface area contributed by atoms with Gasteiger partial charge in [-0.2, -0.15) is 5.10 Å². The maximum absolute atomic E-state index is 5.78. The molecule has 3 aromatic heterocycles. The number of hydrogen-bond donors (Lipinski definition) is 2. The second-order valence-electron chi connectivity index (χ2n) is 5.29. The third-order valence-electron chi connectivity index (χ3n) is 3.76. The van der Waals surface area contributed by atoms with Crippen LogP contribution in [-0.4, -0.2) is 19.7 Å². The first-order valence-corrected chi connectivity index (χ1v) is 7.04. The summed E-state index contributed by atoms with van der Waals surface area (Å²) < 4.78 is 1.83. The molecule has 22 heavy (non-hydrogen) atoms. The van der Waals surface area contributed by atoms with Crippen LogP contribution in [-0.2, 0) is 7.05 Å². The number of anilines is 1. The van der Waals surface area contributed by atoms with Crippen LogP contribution in [0.25, 0.3) is 33.4 Å². The number of pyridine rings is 1. The Bertz CT molecular complexity index is 947. The summed E-state index contributed by atoms with van der Waals surface area (Å²) in [4.78, 5) is 7.50. The highest BCUT2D eigenvalue weighted by Crippen LogP contribution is 2.34. The van der Waals surface area contributed by atoms with Crippen molar-refractivity contribution in [2.75, 3.05) is 5.73 Å². The van der Waals surface area contributed by atoms with Crippen LogP contribution >= 0.6 is 0 Å². The molecule has 0 atom stereocenters. The van der Waals surface area contributed by atoms with Gasteiger partial charge in [0.15, 0.2) is 0 Å². The normalized spacial score (nSPS) is 11.1. The van der Waals surface area contributed by atoms with Gasteiger partial charge in [0.25, 0.3) is 0 Å². The van der Waals surface area contributed by atoms with Gasteiger partial charge in [0.2, 0.25) is 0 Å². The largest absolute Gasteiger partial charge is 0.399 e. The van der Waals surface area contributed by atoms with Gasteiger partial charge in [-0.05, 0) is 29.8 Å². The molecular formula is C17H15N5. The van der Waals surface area contributed by atoms with E-state index in [0.29, 0.717) is 0 Å². The second kappa shape index (κ2) is 4.73. The van der Waals surface area contributed by atoms with Gasteiger partial charge in [-0.25, -0.2) is 4.98 Å². The zero-order valence-electron chi connectivity index (χ0n) is 12.1. The Balaban J connectivity index is 1.96. The molecule has 0 aliphatic rings. The van der Waals surface area contributed by atoms with E-state index < -0.39 is 0 Å². The van der Waals surface area contributed by atoms with Crippen LogP contribution in [0.5, 0.6) is 0 Å². The summed E-state index contributed by atoms with van der Waals surface area (Å²) in [6.45, 7) is 0. The summed E-state index contributed by atoms with van der Waals surface area (Å²) in [5.41, 5.74) is 11.6. The fourth-order valence-corrected chi connectivity index (χ4v) is 2.74. The molecule has 108 valence electrons. The Morgan fingerprint density at radius 3 is 2.68 bits per heavy atom. The van der Waals surface area contributed by atoms with E-state index in [-0.39, 0.29) is 0 Å². The molecule has 1 aromatic carbocycles. The van der Waals surface area contributed by atoms with Crippen LogP contribution in [0.3, 0.4) is 0 Å². The fourth-order valence-electron chi connectivity index (χ4n) is 2.74. The Morgan fingerprint density at radius 2 is 1.86 bits per heavy atom. The molecule has 0 saturated heterocycles. The number of nitrogens with zero attached hydrogens (tertiary/aromatic N) is 3. The Kier molecular flexibility index (Phi) is 2.72. The van der Waals surface area contributed by atoms with Gasteiger partial charge in [-0.3, -0.25) is 4.68 Å². The summed E-state index contributed by atoms with van der Waals surface area (Å²) in [5, 5.41) is 5.71. The van der Waals surface area contributed by atoms with Crippen molar-refractivity contribution >= 4 is 16.7 Å². The van der Waals surface area contributed by atoms with Crippen molar-refractivity contribution in [1.29, 1.82) is 0 Å². The number of aryl methyl sites for hydroxylation is 1. The van der Waals surface area contributed by atoms with E-state index in [0.717, 1.165) is 39.1 Å². The number of benzene rings is 1. The molecule has 4 aromatic rings. The average Bonchev–Trinajstić information content (AvgIpc) is 3.14. The lowest BCUT2D eigenvalue weighted by Gasteiger charge is -2.04. The van der Waals surface area contributed by atoms with Crippen LogP contribution in [0.15, 0.2) is 55.0 Å². The number of H-pyrrole nitrogens is 1. The Labute approximate surface area is 127 Å². The predicted octanol–water partition coefficient (Wildman–Crippen LogP) is 3.21. The summed E-state index contributed by atoms with van der Waals surface area (Å²) in [5.74, 6) is 0. The molecule has 0 aliphatic carbocycles. The van der Waals surface area contributed by atoms with Crippen LogP contribution in [0.1, 0.15) is 0 Å². The standard InChI is InChI=1S/C17H15N5/c1-22-10-15(13-6-8-19-17-14(13)7-9-20-17)16(21-22)11-2-4-12(18)5-3-11/h2-10H,18H2,1H3,(H,19,20). The van der Waals surface area contributed by atoms with Crippen molar-refractivity contribution in [3.63, 3.8) is 0 Å². The topological polar surface area (TPSA) is 72.5 Å². The molecule has 3 N–H and O–H groups in total. The molecular weight excluding hydrogens is 274 g/mol. The van der Waals surface area contributed by atoms with Crippen LogP contribution in [0, 0.1) is 0 Å². The van der Waals surface area contributed by atoms with E-state index in [2.05, 4.69) is 15.1 Å². The summed E-state index contributed by atoms with van der Waals surface area (Å²) >= 11 is 0. The lowest BCUT2D eigenvalue weighted by Crippen LogP contribution is -1.89. The number of fused-ring (bicyclic) bond motifs is 1. The molecule has 0 fully saturated rings. The van der Waals surface area contributed by atoms with Gasteiger partial charge in [-0.15, -0.1) is 0 Å². The van der Waals surface area contributed by atoms with Gasteiger partial charge in [0.1, 0.15) is 11.3 Å². The highest BCUT2D eigenvalue weighted by Gasteiger charge is 2.15. The number of aromatic amines is 1. The highest BCUT2D eigenvalue weighted by molar-refractivity contribution is 5.96. The van der Waals surface area contributed by atoms with Gasteiger partial charge < -0.3 is 10.7 Å². The molecule has 0 radical (unpaired) electrons. The molecule has 0 spiro atoms. The van der Waals surface area contributed by atoms with Crippen molar-refractivity contribution in [2.45, 2.75) is 0 Å². The van der Waals surface area contributed by atoms with E-state index in [1.54, 1.807) is 0 Å². The van der Waals surface area contributed by atoms with Crippen molar-refractivity contribution in [2.24, 2.45) is 7.05 Å². The van der Waals surface area contributed by atoms with Gasteiger partial charge in [0.05, 0.1) is 0 Å². The summed E-state index contributed by atoms with van der Waals surface area (Å²) in [6, 6.07) is 11.8. The van der Waals surface area contributed by atoms with Crippen molar-refractivity contribution in [1.82, 2.24) is 19.7 Å². The van der Waals surface area contributed by atoms with E-state index in [1.807, 2.05) is 66.7 Å². The first-order valence-electron chi connectivity index (χ1n) is 7.04. The van der Waals surface area contributed by atoms with Crippen molar-refractivity contribution in [3.8, 4) is 22.4 Å². The average molecular weight is 289 g/mol. The molecule has 3 heterocycles. The Hall–Kier alpha value is -3.08. The number of hydrogen-bond acceptors (Lipinski definition) is 3. The van der Waals surface area contributed by atoms with Gasteiger partial charge in [0, 0.05) is 47.8 Å². The molecule has 0 unspecified atom stereocenters. The SMILES string of the molecule is Cn1cc(-c2ccnc3[nH]ccc23)c(-c2ccc(N)cc2)n1. The predicted molar refractivity (Wildman–Crippen MR) is 88.1 cm³/mol. The highest BCUT2D eigenvalue weighted by atomic mass is 15.3. The molecule has 0 saturated carbocycles. The van der Waals surface area contributed by atoms with Crippen molar-refractivity contribution in [3.05, 3.63) is 55.0 Å². The lowest BCUT2D eigenvalue weighted by molar-refractivity contribution is 0.771. The maximum Gasteiger partial charge on any atom is 0.137 e. The summed E-state index contributed by atoms with van der Waals surface area (Å²) in [7, 11) is 1.93. The van der Waals surface area contributed by atoms with E-state index in [1.165, 1.54) is 0 Å². The molecule has 4 rings (SSSR count). The molecule has 5 nitrogen and oxygen atoms in total. The molecule has 0 amide bonds. The lowest BCUT2D eigenvalue weighted by atomic mass is 10.0. The Morgan fingerprint density at radius 1 is 1.05 bits per heavy atom. The van der Waals surface area contributed by atoms with Gasteiger partial charge >= 0.3 is 0 Å². The fraction of sp³-hybridized carbons (Fsp3) is 0.0588. The maximum atomic E-state index is 5.78. The van der Waals surface area contributed by atoms with Gasteiger partial charge in [-0.1, -0.05) is 12.1 Å². The first kappa shape index (κ1) is 12.6. The minimum absolute atomic E-state index is 0.748. The minimum atomic E-state index is 0.748. The monoisotopic (exact) mass is 289 g/mol. The van der Waals surface area contributed by atoms with Crippen LogP contribution in [0.2, 0.25) is 0 Å². The van der Waals surface area contributed by atoms with E-state index in [4.69, 9.17) is 5.73 Å². The smallest absolute Gasteiger partial charge is 0.137 e. The van der Waals surface area contributed by atoms with Crippen molar-refractivity contribution < 1.29 is 0 Å². The second-order valence-corrected chi connectivity index (χ2v) is 5.29. The third-order valence-corrected chi connectivity index (χ3v) is 3.76. The molecule has 0 aliphatic heterocycles. The van der Waals surface area contributed by atoms with Crippen LogP contribution < -0.4 is 5.73 Å². The number of aromatic nitrogens is 4. The van der Waals surface area contributed by atoms with E-state index >= 15 is 0 Å². The quantitative estimate of drug-likeness (QED) is 0.556. The summed E-state index contributed by atoms with van der Waals surface area (Å²) in [6.07, 6.45) is 5.75. The van der Waals surface area contributed by atoms with Crippen LogP contribution in [0.4, 0.5) is 5.69 Å². The first-order chi connectivity index (χ1) is 10.7. The number of nitrogens with two attached hydrogens (primary N) is 1. The zero-order valence-corrected chi connectivity index (χ0v) is 12.1. The zero-order chi connectivity index (χ0) is 15.1. The number of nitrogen functional groups attached to an aromatic ring is 1. The third kappa shape index (κ3) is 1.95. The number of nitrogens with one attached hydrogen (secondary N) is 1. The minimum Gasteiger partial charge on any atom is -0.399 e.